The van der Waals surface area contributed by atoms with Crippen molar-refractivity contribution in [1.29, 1.82) is 0 Å². The van der Waals surface area contributed by atoms with Crippen LogP contribution in [-0.4, -0.2) is 96.2 Å². The van der Waals surface area contributed by atoms with Crippen LogP contribution in [0.4, 0.5) is 14.6 Å². The van der Waals surface area contributed by atoms with Gasteiger partial charge in [0.25, 0.3) is 0 Å². The van der Waals surface area contributed by atoms with Gasteiger partial charge in [-0.1, -0.05) is 18.1 Å². The Balaban J connectivity index is 1.34. The molecule has 2 aromatic carbocycles. The van der Waals surface area contributed by atoms with Crippen molar-refractivity contribution >= 4 is 27.5 Å². The molecule has 9 nitrogen and oxygen atoms in total. The maximum atomic E-state index is 16.9. The van der Waals surface area contributed by atoms with Gasteiger partial charge in [0.1, 0.15) is 35.6 Å². The molecule has 3 aliphatic rings. The maximum absolute atomic E-state index is 16.9. The zero-order chi connectivity index (χ0) is 32.8. The first-order chi connectivity index (χ1) is 22.8. The zero-order valence-corrected chi connectivity index (χ0v) is 27.1. The largest absolute Gasteiger partial charge is 0.468 e. The van der Waals surface area contributed by atoms with Crippen LogP contribution in [0.3, 0.4) is 0 Å². The number of nitrogens with one attached hydrogen (secondary N) is 1. The van der Waals surface area contributed by atoms with Gasteiger partial charge >= 0.3 is 6.01 Å². The summed E-state index contributed by atoms with van der Waals surface area (Å²) in [6.45, 7) is 2.12. The second-order valence-corrected chi connectivity index (χ2v) is 13.3. The second kappa shape index (κ2) is 12.5. The number of halogens is 2. The number of fused-ring (bicyclic) bond motifs is 3. The number of alkyl halides is 1. The van der Waals surface area contributed by atoms with Crippen LogP contribution < -0.4 is 14.8 Å². The van der Waals surface area contributed by atoms with E-state index < -0.39 is 17.5 Å². The Hall–Kier alpha value is -4.11. The molecule has 11 heteroatoms. The highest BCUT2D eigenvalue weighted by atomic mass is 19.1. The number of terminal acetylenes is 1. The van der Waals surface area contributed by atoms with Crippen LogP contribution in [0.2, 0.25) is 0 Å². The van der Waals surface area contributed by atoms with Crippen LogP contribution in [0.1, 0.15) is 44.1 Å². The normalized spacial score (nSPS) is 21.9. The van der Waals surface area contributed by atoms with Crippen molar-refractivity contribution in [1.82, 2.24) is 24.8 Å². The monoisotopic (exact) mass is 642 g/mol. The Bertz CT molecular complexity index is 1860. The highest BCUT2D eigenvalue weighted by Crippen LogP contribution is 2.42. The van der Waals surface area contributed by atoms with Gasteiger partial charge in [0, 0.05) is 54.9 Å². The van der Waals surface area contributed by atoms with Crippen LogP contribution in [0, 0.1) is 18.2 Å². The van der Waals surface area contributed by atoms with Gasteiger partial charge in [0.15, 0.2) is 12.6 Å². The summed E-state index contributed by atoms with van der Waals surface area (Å²) in [5, 5.41) is 5.37. The van der Waals surface area contributed by atoms with Crippen LogP contribution in [0.15, 0.2) is 36.5 Å². The van der Waals surface area contributed by atoms with Crippen molar-refractivity contribution in [3.8, 4) is 35.4 Å². The van der Waals surface area contributed by atoms with Gasteiger partial charge in [-0.2, -0.15) is 9.97 Å². The third-order valence-corrected chi connectivity index (χ3v) is 10.4. The lowest BCUT2D eigenvalue weighted by atomic mass is 9.75. The molecule has 0 amide bonds. The van der Waals surface area contributed by atoms with E-state index in [1.165, 1.54) is 7.11 Å². The zero-order valence-electron chi connectivity index (χ0n) is 27.1. The highest BCUT2D eigenvalue weighted by Gasteiger charge is 2.49. The van der Waals surface area contributed by atoms with Gasteiger partial charge in [-0.15, -0.1) is 6.42 Å². The summed E-state index contributed by atoms with van der Waals surface area (Å²) < 4.78 is 48.6. The molecule has 4 aromatic rings. The third kappa shape index (κ3) is 5.62. The van der Waals surface area contributed by atoms with E-state index in [0.717, 1.165) is 44.0 Å². The number of hydrogen-bond acceptors (Lipinski definition) is 9. The fourth-order valence-electron chi connectivity index (χ4n) is 7.60. The van der Waals surface area contributed by atoms with Gasteiger partial charge < -0.3 is 24.4 Å². The predicted molar refractivity (Wildman–Crippen MR) is 178 cm³/mol. The Morgan fingerprint density at radius 1 is 1.15 bits per heavy atom. The summed E-state index contributed by atoms with van der Waals surface area (Å²) in [6.07, 6.45) is 12.1. The van der Waals surface area contributed by atoms with E-state index in [-0.39, 0.29) is 36.2 Å². The molecular formula is C36H40F2N6O3. The molecule has 0 unspecified atom stereocenters. The van der Waals surface area contributed by atoms with E-state index in [9.17, 15) is 4.39 Å². The van der Waals surface area contributed by atoms with Crippen molar-refractivity contribution in [2.75, 3.05) is 59.6 Å². The molecule has 0 radical (unpaired) electrons. The van der Waals surface area contributed by atoms with E-state index in [0.29, 0.717) is 53.0 Å². The van der Waals surface area contributed by atoms with Gasteiger partial charge in [0.05, 0.1) is 10.9 Å². The number of aromatic nitrogens is 3. The molecule has 47 heavy (non-hydrogen) atoms. The summed E-state index contributed by atoms with van der Waals surface area (Å²) in [7, 11) is 5.69. The van der Waals surface area contributed by atoms with Crippen molar-refractivity contribution in [2.45, 2.75) is 55.8 Å². The topological polar surface area (TPSA) is 84.9 Å². The standard InChI is InChI=1S/C36H40F2N6O3/c1-5-23-9-6-10-24-15-26(47-22-45-4)16-27(29(23)24)31-30(38)32-28(18-39-31)33(40-20-35(43(2)3)11-7-12-35)42-34(41-32)46-21-36-13-8-14-44(36)19-25(37)17-36/h1,6,9-10,15-16,18,25H,7-8,11-14,17,19-22H2,2-4H3,(H,40,41,42)/t25-,36+/m1/s1. The first-order valence-electron chi connectivity index (χ1n) is 16.2. The molecule has 0 spiro atoms. The first kappa shape index (κ1) is 31.5. The van der Waals surface area contributed by atoms with E-state index in [4.69, 9.17) is 25.6 Å². The predicted octanol–water partition coefficient (Wildman–Crippen LogP) is 5.80. The fraction of sp³-hybridized carbons (Fsp3) is 0.472. The molecule has 7 rings (SSSR count). The smallest absolute Gasteiger partial charge is 0.319 e. The summed E-state index contributed by atoms with van der Waals surface area (Å²) in [4.78, 5) is 18.4. The minimum Gasteiger partial charge on any atom is -0.468 e. The molecule has 1 aliphatic carbocycles. The van der Waals surface area contributed by atoms with Gasteiger partial charge in [-0.3, -0.25) is 9.88 Å². The molecule has 246 valence electrons. The SMILES string of the molecule is C#Cc1cccc2cc(OCOC)cc(-c3ncc4c(NCC5(N(C)C)CCC5)nc(OC[C@@]56CCCN5C[C@H](F)C6)nc4c3F)c12. The molecule has 1 saturated carbocycles. The van der Waals surface area contributed by atoms with E-state index in [2.05, 4.69) is 45.1 Å². The molecule has 3 fully saturated rings. The van der Waals surface area contributed by atoms with E-state index in [1.54, 1.807) is 12.3 Å². The quantitative estimate of drug-likeness (QED) is 0.161. The Labute approximate surface area is 273 Å². The van der Waals surface area contributed by atoms with Crippen LogP contribution in [-0.2, 0) is 4.74 Å². The Morgan fingerprint density at radius 2 is 2.00 bits per heavy atom. The van der Waals surface area contributed by atoms with Crippen LogP contribution in [0.25, 0.3) is 32.9 Å². The van der Waals surface area contributed by atoms with Crippen molar-refractivity contribution in [3.63, 3.8) is 0 Å². The van der Waals surface area contributed by atoms with Crippen molar-refractivity contribution in [2.24, 2.45) is 0 Å². The lowest BCUT2D eigenvalue weighted by molar-refractivity contribution is 0.0512. The number of methoxy groups -OCH3 is 1. The van der Waals surface area contributed by atoms with Crippen molar-refractivity contribution < 1.29 is 23.0 Å². The fourth-order valence-corrected chi connectivity index (χ4v) is 7.60. The summed E-state index contributed by atoms with van der Waals surface area (Å²) >= 11 is 0. The van der Waals surface area contributed by atoms with Gasteiger partial charge in [-0.25, -0.2) is 8.78 Å². The van der Waals surface area contributed by atoms with Gasteiger partial charge in [-0.05, 0) is 76.3 Å². The Morgan fingerprint density at radius 3 is 2.74 bits per heavy atom. The molecule has 2 atom stereocenters. The number of ether oxygens (including phenoxy) is 3. The summed E-state index contributed by atoms with van der Waals surface area (Å²) in [5.74, 6) is 3.02. The average molecular weight is 643 g/mol. The highest BCUT2D eigenvalue weighted by molar-refractivity contribution is 6.02. The molecule has 1 N–H and O–H groups in total. The lowest BCUT2D eigenvalue weighted by Crippen LogP contribution is -2.54. The average Bonchev–Trinajstić information content (AvgIpc) is 3.57. The Kier molecular flexibility index (Phi) is 8.37. The van der Waals surface area contributed by atoms with E-state index >= 15 is 4.39 Å². The first-order valence-corrected chi connectivity index (χ1v) is 16.2. The maximum Gasteiger partial charge on any atom is 0.319 e. The number of anilines is 1. The van der Waals surface area contributed by atoms with Crippen LogP contribution in [0.5, 0.6) is 11.8 Å². The number of pyridine rings is 1. The minimum absolute atomic E-state index is 0.0207. The molecule has 0 bridgehead atoms. The number of nitrogens with zero attached hydrogens (tertiary/aromatic N) is 5. The molecular weight excluding hydrogens is 602 g/mol. The van der Waals surface area contributed by atoms with Crippen molar-refractivity contribution in [3.05, 3.63) is 47.9 Å². The molecule has 4 heterocycles. The second-order valence-electron chi connectivity index (χ2n) is 13.3. The molecule has 2 aliphatic heterocycles. The van der Waals surface area contributed by atoms with E-state index in [1.807, 2.05) is 24.3 Å². The number of likely N-dealkylation sites (N-methyl/N-ethyl adjacent to an activating group) is 1. The summed E-state index contributed by atoms with van der Waals surface area (Å²) in [5.41, 5.74) is 0.786. The number of benzene rings is 2. The number of rotatable bonds is 11. The minimum atomic E-state index is -0.893. The number of hydrogen-bond donors (Lipinski definition) is 1. The molecule has 2 aromatic heterocycles. The lowest BCUT2D eigenvalue weighted by Gasteiger charge is -2.47. The van der Waals surface area contributed by atoms with Gasteiger partial charge in [0.2, 0.25) is 0 Å². The third-order valence-electron chi connectivity index (χ3n) is 10.4. The van der Waals surface area contributed by atoms with Crippen LogP contribution >= 0.6 is 0 Å². The molecule has 2 saturated heterocycles. The summed E-state index contributed by atoms with van der Waals surface area (Å²) in [6, 6.07) is 9.16.